The van der Waals surface area contributed by atoms with Crippen LogP contribution >= 0.6 is 0 Å². The van der Waals surface area contributed by atoms with E-state index in [9.17, 15) is 0 Å². The van der Waals surface area contributed by atoms with Crippen molar-refractivity contribution in [3.63, 3.8) is 0 Å². The molecule has 0 N–H and O–H groups in total. The molecule has 0 aliphatic heterocycles. The van der Waals surface area contributed by atoms with Crippen LogP contribution in [0.4, 0.5) is 34.1 Å². The molecule has 4 heteroatoms. The number of para-hydroxylation sites is 2. The predicted molar refractivity (Wildman–Crippen MR) is 462 cm³/mol. The number of benzene rings is 16. The van der Waals surface area contributed by atoms with E-state index in [4.69, 9.17) is 0 Å². The zero-order valence-corrected chi connectivity index (χ0v) is 62.1. The first-order valence-corrected chi connectivity index (χ1v) is 39.0. The molecule has 4 nitrogen and oxygen atoms in total. The van der Waals surface area contributed by atoms with Crippen LogP contribution in [0.2, 0.25) is 0 Å². The van der Waals surface area contributed by atoms with Crippen LogP contribution in [0.15, 0.2) is 352 Å². The van der Waals surface area contributed by atoms with Gasteiger partial charge in [0.2, 0.25) is 0 Å². The van der Waals surface area contributed by atoms with E-state index in [1.54, 1.807) is 0 Å². The zero-order chi connectivity index (χ0) is 73.1. The third-order valence-electron chi connectivity index (χ3n) is 25.1. The lowest BCUT2D eigenvalue weighted by molar-refractivity contribution is 0.660. The lowest BCUT2D eigenvalue weighted by Gasteiger charge is -2.28. The molecule has 522 valence electrons. The molecule has 4 aliphatic carbocycles. The van der Waals surface area contributed by atoms with Crippen molar-refractivity contribution in [1.29, 1.82) is 0 Å². The highest BCUT2D eigenvalue weighted by Gasteiger charge is 2.38. The molecule has 2 aromatic heterocycles. The van der Waals surface area contributed by atoms with Crippen LogP contribution in [0, 0.1) is 0 Å². The van der Waals surface area contributed by atoms with Gasteiger partial charge in [0.05, 0.1) is 22.1 Å². The van der Waals surface area contributed by atoms with Gasteiger partial charge in [0.1, 0.15) is 0 Å². The van der Waals surface area contributed by atoms with Crippen molar-refractivity contribution in [2.45, 2.75) is 64.2 Å². The number of hydrogen-bond acceptors (Lipinski definition) is 2. The van der Waals surface area contributed by atoms with Crippen molar-refractivity contribution in [3.05, 3.63) is 396 Å². The van der Waals surface area contributed by atoms with E-state index in [0.717, 1.165) is 56.6 Å². The smallest absolute Gasteiger partial charge is 0.0541 e. The summed E-state index contributed by atoms with van der Waals surface area (Å²) in [6.45, 7) is 9.49. The molecule has 0 saturated carbocycles. The van der Waals surface area contributed by atoms with E-state index in [-0.39, 0.29) is 10.8 Å². The van der Waals surface area contributed by atoms with Crippen LogP contribution in [0.3, 0.4) is 0 Å². The molecule has 110 heavy (non-hydrogen) atoms. The SMILES string of the molecule is CC1(C)c2ccccc2-c2ccc(N(c3ccc(-c4ccc5c(c4)CC5)cc3)c3ccc(-c4ccc5c(c4)c4cc(-c6ccc7c(c6)c6cc(-c8ccc(N(c9ccc(-c%10ccc%11c(c%10)CC%11)cc9)c9ccc%10c(c9)C(C)(C)c9ccccc9-%10)cc8)ccc6n7-c6ccccc6)ccc4n5-c4ccccc4)cc3)cc21. The molecule has 0 fully saturated rings. The summed E-state index contributed by atoms with van der Waals surface area (Å²) in [5.74, 6) is 0. The van der Waals surface area contributed by atoms with Crippen LogP contribution < -0.4 is 9.80 Å². The minimum Gasteiger partial charge on any atom is -0.310 e. The second kappa shape index (κ2) is 24.6. The molecule has 0 saturated heterocycles. The van der Waals surface area contributed by atoms with Gasteiger partial charge in [0, 0.05) is 77.9 Å². The zero-order valence-electron chi connectivity index (χ0n) is 62.1. The summed E-state index contributed by atoms with van der Waals surface area (Å²) in [5, 5.41) is 4.83. The fourth-order valence-corrected chi connectivity index (χ4v) is 19.0. The Morgan fingerprint density at radius 1 is 0.209 bits per heavy atom. The Balaban J connectivity index is 0.626. The fraction of sp³-hybridized carbons (Fsp3) is 0.0943. The maximum atomic E-state index is 2.44. The lowest BCUT2D eigenvalue weighted by Crippen LogP contribution is -2.16. The average Bonchev–Trinajstić information content (AvgIpc) is 1.59. The third-order valence-corrected chi connectivity index (χ3v) is 25.1. The maximum absolute atomic E-state index is 2.44. The van der Waals surface area contributed by atoms with Gasteiger partial charge in [-0.1, -0.05) is 234 Å². The van der Waals surface area contributed by atoms with Crippen LogP contribution in [0.5, 0.6) is 0 Å². The Bertz CT molecular complexity index is 6380. The molecule has 0 unspecified atom stereocenters. The van der Waals surface area contributed by atoms with Crippen molar-refractivity contribution in [2.75, 3.05) is 9.80 Å². The molecule has 16 aromatic carbocycles. The van der Waals surface area contributed by atoms with Crippen LogP contribution in [0.25, 0.3) is 133 Å². The monoisotopic (exact) mass is 1410 g/mol. The van der Waals surface area contributed by atoms with Crippen molar-refractivity contribution >= 4 is 77.7 Å². The quantitative estimate of drug-likeness (QED) is 0.114. The topological polar surface area (TPSA) is 16.3 Å². The van der Waals surface area contributed by atoms with Gasteiger partial charge in [0.25, 0.3) is 0 Å². The van der Waals surface area contributed by atoms with Gasteiger partial charge in [-0.2, -0.15) is 0 Å². The van der Waals surface area contributed by atoms with E-state index in [2.05, 4.69) is 398 Å². The largest absolute Gasteiger partial charge is 0.310 e. The predicted octanol–water partition coefficient (Wildman–Crippen LogP) is 28.0. The Hall–Kier alpha value is -13.3. The first-order valence-electron chi connectivity index (χ1n) is 39.0. The maximum Gasteiger partial charge on any atom is 0.0541 e. The molecule has 22 rings (SSSR count). The molecular formula is C106H78N4. The molecule has 0 radical (unpaired) electrons. The van der Waals surface area contributed by atoms with Crippen LogP contribution in [-0.2, 0) is 36.5 Å². The summed E-state index contributed by atoms with van der Waals surface area (Å²) in [5.41, 5.74) is 42.1. The standard InChI is InChI=1S/C106H78N4/c1-105(2)97-21-13-11-19-89(97)91-53-51-87(65-99(91)105)107(83-43-31-69(32-44-83)75-29-25-67-23-27-73(67)59-75)85-47-35-71(36-48-85)77-39-55-101-93(61-77)95-63-79(41-57-103(95)109(101)81-15-7-5-8-16-81)80-42-58-104-96(64-80)94-62-78(40-56-102(94)110(104)82-17-9-6-10-18-82)72-37-49-86(50-38-72)108(84-45-33-70(34-46-84)76-30-26-68-24-28-74(68)60-76)88-52-54-92-90-20-12-14-22-98(90)106(3,4)100(92)66-88/h5-22,25-26,29-66H,23-24,27-28H2,1-4H3. The van der Waals surface area contributed by atoms with E-state index < -0.39 is 0 Å². The third kappa shape index (κ3) is 10.1. The van der Waals surface area contributed by atoms with E-state index in [0.29, 0.717) is 0 Å². The van der Waals surface area contributed by atoms with E-state index in [1.165, 1.54) is 181 Å². The number of fused-ring (bicyclic) bond motifs is 14. The normalized spacial score (nSPS) is 13.8. The minimum absolute atomic E-state index is 0.139. The second-order valence-electron chi connectivity index (χ2n) is 31.9. The summed E-state index contributed by atoms with van der Waals surface area (Å²) < 4.78 is 4.87. The highest BCUT2D eigenvalue weighted by atomic mass is 15.1. The second-order valence-corrected chi connectivity index (χ2v) is 31.9. The lowest BCUT2D eigenvalue weighted by atomic mass is 9.82. The van der Waals surface area contributed by atoms with Crippen LogP contribution in [0.1, 0.15) is 72.2 Å². The Morgan fingerprint density at radius 3 is 0.791 bits per heavy atom. The molecule has 18 aromatic rings. The number of nitrogens with zero attached hydrogens (tertiary/aromatic N) is 4. The number of aryl methyl sites for hydroxylation is 4. The number of rotatable bonds is 13. The summed E-state index contributed by atoms with van der Waals surface area (Å²) in [7, 11) is 0. The number of aromatic nitrogens is 2. The summed E-state index contributed by atoms with van der Waals surface area (Å²) in [6.07, 6.45) is 4.70. The van der Waals surface area contributed by atoms with Gasteiger partial charge in [-0.3, -0.25) is 0 Å². The Morgan fingerprint density at radius 2 is 0.473 bits per heavy atom. The Kier molecular flexibility index (Phi) is 14.3. The van der Waals surface area contributed by atoms with Gasteiger partial charge < -0.3 is 18.9 Å². The summed E-state index contributed by atoms with van der Waals surface area (Å²) in [6, 6.07) is 133. The molecule has 2 heterocycles. The Labute approximate surface area is 642 Å². The van der Waals surface area contributed by atoms with E-state index in [1.807, 2.05) is 0 Å². The molecule has 0 atom stereocenters. The minimum atomic E-state index is -0.139. The number of anilines is 6. The first-order chi connectivity index (χ1) is 54.0. The molecular weight excluding hydrogens is 1330 g/mol. The van der Waals surface area contributed by atoms with Crippen molar-refractivity contribution in [1.82, 2.24) is 9.13 Å². The highest BCUT2D eigenvalue weighted by molar-refractivity contribution is 6.14. The summed E-state index contributed by atoms with van der Waals surface area (Å²) in [4.78, 5) is 4.88. The van der Waals surface area contributed by atoms with Crippen molar-refractivity contribution in [2.24, 2.45) is 0 Å². The van der Waals surface area contributed by atoms with Crippen molar-refractivity contribution < 1.29 is 0 Å². The molecule has 0 spiro atoms. The highest BCUT2D eigenvalue weighted by Crippen LogP contribution is 2.54. The van der Waals surface area contributed by atoms with Gasteiger partial charge in [-0.25, -0.2) is 0 Å². The van der Waals surface area contributed by atoms with Crippen LogP contribution in [-0.4, -0.2) is 9.13 Å². The molecule has 0 amide bonds. The van der Waals surface area contributed by atoms with Gasteiger partial charge in [-0.15, -0.1) is 0 Å². The van der Waals surface area contributed by atoms with Gasteiger partial charge >= 0.3 is 0 Å². The molecule has 0 bridgehead atoms. The fourth-order valence-electron chi connectivity index (χ4n) is 19.0. The summed E-state index contributed by atoms with van der Waals surface area (Å²) >= 11 is 0. The molecule has 4 aliphatic rings. The first kappa shape index (κ1) is 63.9. The van der Waals surface area contributed by atoms with Gasteiger partial charge in [-0.05, 0) is 294 Å². The van der Waals surface area contributed by atoms with Crippen molar-refractivity contribution in [3.8, 4) is 89.3 Å². The number of hydrogen-bond donors (Lipinski definition) is 0. The van der Waals surface area contributed by atoms with Gasteiger partial charge in [0.15, 0.2) is 0 Å². The average molecular weight is 1410 g/mol. The van der Waals surface area contributed by atoms with E-state index >= 15 is 0 Å².